The van der Waals surface area contributed by atoms with Crippen LogP contribution in [0.1, 0.15) is 27.2 Å². The Hall–Kier alpha value is -0.850. The van der Waals surface area contributed by atoms with Crippen molar-refractivity contribution in [2.45, 2.75) is 38.3 Å². The minimum atomic E-state index is -0.504. The first-order chi connectivity index (χ1) is 8.82. The number of carbonyl (C=O) groups excluding carboxylic acids is 1. The molecule has 6 heteroatoms. The van der Waals surface area contributed by atoms with Crippen molar-refractivity contribution in [3.05, 3.63) is 0 Å². The van der Waals surface area contributed by atoms with Crippen molar-refractivity contribution in [1.29, 1.82) is 0 Å². The van der Waals surface area contributed by atoms with E-state index in [0.717, 1.165) is 0 Å². The number of methoxy groups -OCH3 is 1. The van der Waals surface area contributed by atoms with E-state index in [2.05, 4.69) is 5.32 Å². The number of amides is 1. The Bertz CT molecular complexity index is 304. The molecule has 1 aliphatic heterocycles. The van der Waals surface area contributed by atoms with Gasteiger partial charge in [0.2, 0.25) is 0 Å². The van der Waals surface area contributed by atoms with Crippen molar-refractivity contribution in [3.63, 3.8) is 0 Å². The molecule has 1 unspecified atom stereocenters. The van der Waals surface area contributed by atoms with Crippen molar-refractivity contribution < 1.29 is 19.4 Å². The van der Waals surface area contributed by atoms with E-state index >= 15 is 0 Å². The Kier molecular flexibility index (Phi) is 5.58. The summed E-state index contributed by atoms with van der Waals surface area (Å²) >= 11 is 0. The van der Waals surface area contributed by atoms with Gasteiger partial charge in [-0.25, -0.2) is 4.79 Å². The molecule has 1 rings (SSSR count). The maximum atomic E-state index is 12.1. The second-order valence-electron chi connectivity index (χ2n) is 6.01. The third-order valence-corrected chi connectivity index (χ3v) is 3.11. The highest BCUT2D eigenvalue weighted by Crippen LogP contribution is 2.18. The lowest BCUT2D eigenvalue weighted by Crippen LogP contribution is -2.64. The van der Waals surface area contributed by atoms with Crippen LogP contribution in [0, 0.1) is 0 Å². The molecule has 0 aliphatic carbocycles. The summed E-state index contributed by atoms with van der Waals surface area (Å²) in [6.45, 7) is 7.70. The summed E-state index contributed by atoms with van der Waals surface area (Å²) < 4.78 is 10.4. The summed E-state index contributed by atoms with van der Waals surface area (Å²) in [5.74, 6) is 0. The quantitative estimate of drug-likeness (QED) is 0.785. The summed E-state index contributed by atoms with van der Waals surface area (Å²) in [7, 11) is 1.62. The molecule has 0 saturated carbocycles. The number of nitrogens with one attached hydrogen (secondary N) is 1. The molecule has 0 aromatic rings. The number of ether oxygens (including phenoxy) is 2. The van der Waals surface area contributed by atoms with Crippen LogP contribution in [-0.2, 0) is 9.47 Å². The number of rotatable bonds is 4. The standard InChI is InChI=1S/C13H26N2O4/c1-12(2,3)19-11(17)15-7-6-14-13(9-15,10-16)5-8-18-4/h14,16H,5-10H2,1-4H3. The fourth-order valence-corrected chi connectivity index (χ4v) is 2.09. The van der Waals surface area contributed by atoms with Gasteiger partial charge in [-0.1, -0.05) is 0 Å². The van der Waals surface area contributed by atoms with E-state index in [0.29, 0.717) is 32.7 Å². The summed E-state index contributed by atoms with van der Waals surface area (Å²) in [4.78, 5) is 13.7. The van der Waals surface area contributed by atoms with E-state index in [-0.39, 0.29) is 12.7 Å². The maximum Gasteiger partial charge on any atom is 0.410 e. The van der Waals surface area contributed by atoms with Crippen molar-refractivity contribution in [2.24, 2.45) is 0 Å². The van der Waals surface area contributed by atoms with Gasteiger partial charge >= 0.3 is 6.09 Å². The van der Waals surface area contributed by atoms with Gasteiger partial charge < -0.3 is 24.8 Å². The van der Waals surface area contributed by atoms with Gasteiger partial charge in [-0.05, 0) is 27.2 Å². The number of hydrogen-bond acceptors (Lipinski definition) is 5. The molecule has 0 spiro atoms. The number of hydrogen-bond donors (Lipinski definition) is 2. The molecule has 1 atom stereocenters. The topological polar surface area (TPSA) is 71.0 Å². The van der Waals surface area contributed by atoms with E-state index in [1.807, 2.05) is 20.8 Å². The summed E-state index contributed by atoms with van der Waals surface area (Å²) in [6.07, 6.45) is 0.323. The molecule has 0 radical (unpaired) electrons. The Morgan fingerprint density at radius 1 is 1.47 bits per heavy atom. The van der Waals surface area contributed by atoms with Gasteiger partial charge in [0.1, 0.15) is 5.60 Å². The van der Waals surface area contributed by atoms with Crippen LogP contribution in [0.25, 0.3) is 0 Å². The molecule has 0 aromatic heterocycles. The largest absolute Gasteiger partial charge is 0.444 e. The molecule has 0 bridgehead atoms. The van der Waals surface area contributed by atoms with Crippen LogP contribution in [0.4, 0.5) is 4.79 Å². The van der Waals surface area contributed by atoms with Crippen LogP contribution in [0.2, 0.25) is 0 Å². The second-order valence-corrected chi connectivity index (χ2v) is 6.01. The minimum Gasteiger partial charge on any atom is -0.444 e. The molecular formula is C13H26N2O4. The zero-order valence-corrected chi connectivity index (χ0v) is 12.4. The highest BCUT2D eigenvalue weighted by Gasteiger charge is 2.37. The predicted octanol–water partition coefficient (Wildman–Crippen LogP) is 0.594. The third kappa shape index (κ3) is 4.97. The van der Waals surface area contributed by atoms with E-state index in [1.54, 1.807) is 12.0 Å². The Labute approximate surface area is 115 Å². The average Bonchev–Trinajstić information content (AvgIpc) is 2.34. The van der Waals surface area contributed by atoms with Crippen molar-refractivity contribution in [3.8, 4) is 0 Å². The summed E-state index contributed by atoms with van der Waals surface area (Å²) in [6, 6.07) is 0. The molecule has 1 amide bonds. The Morgan fingerprint density at radius 2 is 2.16 bits per heavy atom. The van der Waals surface area contributed by atoms with Gasteiger partial charge in [-0.3, -0.25) is 0 Å². The molecule has 2 N–H and O–H groups in total. The van der Waals surface area contributed by atoms with Crippen LogP contribution in [0.5, 0.6) is 0 Å². The zero-order valence-electron chi connectivity index (χ0n) is 12.4. The summed E-state index contributed by atoms with van der Waals surface area (Å²) in [5.41, 5.74) is -0.998. The van der Waals surface area contributed by atoms with Crippen LogP contribution in [-0.4, -0.2) is 67.2 Å². The SMILES string of the molecule is COCCC1(CO)CN(C(=O)OC(C)(C)C)CCN1. The van der Waals surface area contributed by atoms with E-state index in [4.69, 9.17) is 9.47 Å². The third-order valence-electron chi connectivity index (χ3n) is 3.11. The number of nitrogens with zero attached hydrogens (tertiary/aromatic N) is 1. The smallest absolute Gasteiger partial charge is 0.410 e. The van der Waals surface area contributed by atoms with Gasteiger partial charge in [0.05, 0.1) is 12.1 Å². The van der Waals surface area contributed by atoms with Gasteiger partial charge in [-0.15, -0.1) is 0 Å². The number of aliphatic hydroxyl groups is 1. The molecule has 1 saturated heterocycles. The fourth-order valence-electron chi connectivity index (χ4n) is 2.09. The van der Waals surface area contributed by atoms with E-state index in [1.165, 1.54) is 0 Å². The lowest BCUT2D eigenvalue weighted by molar-refractivity contribution is 0.000341. The van der Waals surface area contributed by atoms with Gasteiger partial charge in [-0.2, -0.15) is 0 Å². The molecule has 0 aromatic carbocycles. The first-order valence-corrected chi connectivity index (χ1v) is 6.65. The first-order valence-electron chi connectivity index (χ1n) is 6.65. The van der Waals surface area contributed by atoms with Crippen molar-refractivity contribution >= 4 is 6.09 Å². The fraction of sp³-hybridized carbons (Fsp3) is 0.923. The van der Waals surface area contributed by atoms with Gasteiger partial charge in [0.15, 0.2) is 0 Å². The van der Waals surface area contributed by atoms with E-state index in [9.17, 15) is 9.90 Å². The van der Waals surface area contributed by atoms with Gasteiger partial charge in [0, 0.05) is 33.4 Å². The Morgan fingerprint density at radius 3 is 2.68 bits per heavy atom. The highest BCUT2D eigenvalue weighted by atomic mass is 16.6. The van der Waals surface area contributed by atoms with Crippen LogP contribution < -0.4 is 5.32 Å². The molecule has 1 fully saturated rings. The summed E-state index contributed by atoms with van der Waals surface area (Å²) in [5, 5.41) is 12.9. The highest BCUT2D eigenvalue weighted by molar-refractivity contribution is 5.68. The van der Waals surface area contributed by atoms with Crippen LogP contribution >= 0.6 is 0 Å². The molecule has 1 heterocycles. The molecular weight excluding hydrogens is 248 g/mol. The predicted molar refractivity (Wildman–Crippen MR) is 72.1 cm³/mol. The van der Waals surface area contributed by atoms with Gasteiger partial charge in [0.25, 0.3) is 0 Å². The molecule has 1 aliphatic rings. The van der Waals surface area contributed by atoms with Crippen molar-refractivity contribution in [2.75, 3.05) is 40.0 Å². The maximum absolute atomic E-state index is 12.1. The Balaban J connectivity index is 2.64. The molecule has 19 heavy (non-hydrogen) atoms. The minimum absolute atomic E-state index is 0.0321. The number of piperazine rings is 1. The van der Waals surface area contributed by atoms with Crippen LogP contribution in [0.15, 0.2) is 0 Å². The number of carbonyl (C=O) groups is 1. The zero-order chi connectivity index (χ0) is 14.5. The molecule has 6 nitrogen and oxygen atoms in total. The monoisotopic (exact) mass is 274 g/mol. The van der Waals surface area contributed by atoms with Crippen LogP contribution in [0.3, 0.4) is 0 Å². The lowest BCUT2D eigenvalue weighted by Gasteiger charge is -2.42. The molecule has 112 valence electrons. The van der Waals surface area contributed by atoms with E-state index < -0.39 is 11.1 Å². The normalized spacial score (nSPS) is 24.4. The second kappa shape index (κ2) is 6.54. The first kappa shape index (κ1) is 16.2. The lowest BCUT2D eigenvalue weighted by atomic mass is 9.94. The number of aliphatic hydroxyl groups excluding tert-OH is 1. The van der Waals surface area contributed by atoms with Crippen molar-refractivity contribution in [1.82, 2.24) is 10.2 Å². The average molecular weight is 274 g/mol.